The number of ether oxygens (including phenoxy) is 2. The molecule has 1 saturated heterocycles. The van der Waals surface area contributed by atoms with Gasteiger partial charge in [-0.1, -0.05) is 59.6 Å². The zero-order valence-corrected chi connectivity index (χ0v) is 13.5. The van der Waals surface area contributed by atoms with Crippen LogP contribution in [0.25, 0.3) is 0 Å². The van der Waals surface area contributed by atoms with Gasteiger partial charge in [-0.15, -0.1) is 0 Å². The van der Waals surface area contributed by atoms with Crippen LogP contribution in [0.5, 0.6) is 5.75 Å². The van der Waals surface area contributed by atoms with E-state index in [1.165, 1.54) is 0 Å². The second-order valence-corrected chi connectivity index (χ2v) is 5.93. The molecule has 2 atom stereocenters. The van der Waals surface area contributed by atoms with Crippen molar-refractivity contribution in [2.45, 2.75) is 12.2 Å². The second kappa shape index (κ2) is 7.34. The molecule has 0 bridgehead atoms. The van der Waals surface area contributed by atoms with Crippen LogP contribution in [0.15, 0.2) is 48.5 Å². The third-order valence-corrected chi connectivity index (χ3v) is 4.18. The maximum absolute atomic E-state index is 6.23. The molecule has 1 unspecified atom stereocenters. The molecule has 2 aromatic carbocycles. The third kappa shape index (κ3) is 3.55. The molecule has 1 fully saturated rings. The number of morpholine rings is 1. The van der Waals surface area contributed by atoms with E-state index in [9.17, 15) is 0 Å². The molecule has 22 heavy (non-hydrogen) atoms. The first kappa shape index (κ1) is 15.6. The SMILES string of the molecule is Clc1cccc(Cl)c1O[C@@H](c1ccccc1)C1CNCCO1. The molecule has 2 aromatic rings. The van der Waals surface area contributed by atoms with Gasteiger partial charge < -0.3 is 14.8 Å². The Morgan fingerprint density at radius 3 is 2.41 bits per heavy atom. The minimum absolute atomic E-state index is 0.0940. The van der Waals surface area contributed by atoms with Crippen LogP contribution >= 0.6 is 23.2 Å². The number of hydrogen-bond acceptors (Lipinski definition) is 3. The Morgan fingerprint density at radius 1 is 1.05 bits per heavy atom. The smallest absolute Gasteiger partial charge is 0.157 e. The summed E-state index contributed by atoms with van der Waals surface area (Å²) in [5, 5.41) is 4.32. The fraction of sp³-hybridized carbons (Fsp3) is 0.294. The van der Waals surface area contributed by atoms with Crippen molar-refractivity contribution < 1.29 is 9.47 Å². The summed E-state index contributed by atoms with van der Waals surface area (Å²) in [7, 11) is 0. The van der Waals surface area contributed by atoms with E-state index in [0.29, 0.717) is 22.4 Å². The lowest BCUT2D eigenvalue weighted by atomic mass is 10.0. The molecule has 0 saturated carbocycles. The molecular formula is C17H17Cl2NO2. The average Bonchev–Trinajstić information content (AvgIpc) is 2.56. The van der Waals surface area contributed by atoms with Crippen LogP contribution in [0.4, 0.5) is 0 Å². The van der Waals surface area contributed by atoms with Crippen molar-refractivity contribution in [1.82, 2.24) is 5.32 Å². The van der Waals surface area contributed by atoms with Gasteiger partial charge in [-0.25, -0.2) is 0 Å². The Kier molecular flexibility index (Phi) is 5.21. The van der Waals surface area contributed by atoms with E-state index < -0.39 is 0 Å². The van der Waals surface area contributed by atoms with Gasteiger partial charge in [0.15, 0.2) is 11.9 Å². The van der Waals surface area contributed by atoms with E-state index >= 15 is 0 Å². The number of rotatable bonds is 4. The molecule has 0 amide bonds. The van der Waals surface area contributed by atoms with Crippen LogP contribution in [-0.2, 0) is 4.74 Å². The van der Waals surface area contributed by atoms with Crippen molar-refractivity contribution >= 4 is 23.2 Å². The van der Waals surface area contributed by atoms with Crippen molar-refractivity contribution in [3.63, 3.8) is 0 Å². The number of halogens is 2. The first-order chi connectivity index (χ1) is 10.8. The molecular weight excluding hydrogens is 321 g/mol. The van der Waals surface area contributed by atoms with Gasteiger partial charge in [0.25, 0.3) is 0 Å². The van der Waals surface area contributed by atoms with E-state index in [0.717, 1.165) is 18.7 Å². The van der Waals surface area contributed by atoms with Crippen molar-refractivity contribution in [1.29, 1.82) is 0 Å². The fourth-order valence-corrected chi connectivity index (χ4v) is 2.99. The van der Waals surface area contributed by atoms with Gasteiger partial charge in [-0.2, -0.15) is 0 Å². The molecule has 0 spiro atoms. The maximum Gasteiger partial charge on any atom is 0.157 e. The van der Waals surface area contributed by atoms with E-state index in [1.54, 1.807) is 18.2 Å². The van der Waals surface area contributed by atoms with E-state index in [4.69, 9.17) is 32.7 Å². The predicted octanol–water partition coefficient (Wildman–Crippen LogP) is 4.10. The summed E-state index contributed by atoms with van der Waals surface area (Å²) < 4.78 is 12.0. The Bertz CT molecular complexity index is 595. The van der Waals surface area contributed by atoms with Crippen molar-refractivity contribution in [3.05, 3.63) is 64.1 Å². The first-order valence-corrected chi connectivity index (χ1v) is 7.99. The molecule has 1 heterocycles. The largest absolute Gasteiger partial charge is 0.480 e. The summed E-state index contributed by atoms with van der Waals surface area (Å²) in [5.41, 5.74) is 1.03. The molecule has 1 aliphatic heterocycles. The first-order valence-electron chi connectivity index (χ1n) is 7.23. The summed E-state index contributed by atoms with van der Waals surface area (Å²) in [4.78, 5) is 0. The number of hydrogen-bond donors (Lipinski definition) is 1. The summed E-state index contributed by atoms with van der Waals surface area (Å²) in [6.07, 6.45) is -0.366. The third-order valence-electron chi connectivity index (χ3n) is 3.59. The van der Waals surface area contributed by atoms with E-state index in [1.807, 2.05) is 30.3 Å². The Labute approximate surface area is 140 Å². The Morgan fingerprint density at radius 2 is 1.77 bits per heavy atom. The highest BCUT2D eigenvalue weighted by Gasteiger charge is 2.29. The lowest BCUT2D eigenvalue weighted by molar-refractivity contribution is -0.0431. The molecule has 0 aliphatic carbocycles. The van der Waals surface area contributed by atoms with Gasteiger partial charge in [0, 0.05) is 13.1 Å². The minimum Gasteiger partial charge on any atom is -0.480 e. The molecule has 3 rings (SSSR count). The quantitative estimate of drug-likeness (QED) is 0.910. The molecule has 3 nitrogen and oxygen atoms in total. The van der Waals surface area contributed by atoms with E-state index in [2.05, 4.69) is 5.32 Å². The van der Waals surface area contributed by atoms with Gasteiger partial charge in [-0.3, -0.25) is 0 Å². The van der Waals surface area contributed by atoms with Crippen molar-refractivity contribution in [3.8, 4) is 5.75 Å². The van der Waals surface area contributed by atoms with Gasteiger partial charge in [0.05, 0.1) is 16.7 Å². The van der Waals surface area contributed by atoms with Gasteiger partial charge >= 0.3 is 0 Å². The summed E-state index contributed by atoms with van der Waals surface area (Å²) in [5.74, 6) is 0.494. The van der Waals surface area contributed by atoms with E-state index in [-0.39, 0.29) is 12.2 Å². The van der Waals surface area contributed by atoms with Crippen molar-refractivity contribution in [2.24, 2.45) is 0 Å². The zero-order chi connectivity index (χ0) is 15.4. The predicted molar refractivity (Wildman–Crippen MR) is 88.9 cm³/mol. The standard InChI is InChI=1S/C17H17Cl2NO2/c18-13-7-4-8-14(19)17(13)22-16(12-5-2-1-3-6-12)15-11-20-9-10-21-15/h1-8,15-16,20H,9-11H2/t15?,16-/m0/s1. The van der Waals surface area contributed by atoms with Crippen LogP contribution in [0.1, 0.15) is 11.7 Å². The highest BCUT2D eigenvalue weighted by molar-refractivity contribution is 6.37. The molecule has 0 radical (unpaired) electrons. The monoisotopic (exact) mass is 337 g/mol. The average molecular weight is 338 g/mol. The molecule has 0 aromatic heterocycles. The highest BCUT2D eigenvalue weighted by Crippen LogP contribution is 2.37. The fourth-order valence-electron chi connectivity index (χ4n) is 2.50. The van der Waals surface area contributed by atoms with Gasteiger partial charge in [-0.05, 0) is 17.7 Å². The lowest BCUT2D eigenvalue weighted by Gasteiger charge is -2.32. The van der Waals surface area contributed by atoms with Crippen LogP contribution in [0, 0.1) is 0 Å². The summed E-state index contributed by atoms with van der Waals surface area (Å²) >= 11 is 12.5. The normalized spacial score (nSPS) is 19.6. The highest BCUT2D eigenvalue weighted by atomic mass is 35.5. The minimum atomic E-state index is -0.272. The molecule has 5 heteroatoms. The molecule has 116 valence electrons. The Hall–Kier alpha value is -1.26. The maximum atomic E-state index is 6.23. The Balaban J connectivity index is 1.91. The van der Waals surface area contributed by atoms with Crippen LogP contribution in [0.2, 0.25) is 10.0 Å². The van der Waals surface area contributed by atoms with Gasteiger partial charge in [0.2, 0.25) is 0 Å². The van der Waals surface area contributed by atoms with Crippen LogP contribution in [0.3, 0.4) is 0 Å². The zero-order valence-electron chi connectivity index (χ0n) is 12.0. The van der Waals surface area contributed by atoms with Gasteiger partial charge in [0.1, 0.15) is 6.10 Å². The lowest BCUT2D eigenvalue weighted by Crippen LogP contribution is -2.43. The van der Waals surface area contributed by atoms with Crippen LogP contribution in [-0.4, -0.2) is 25.8 Å². The number of benzene rings is 2. The summed E-state index contributed by atoms with van der Waals surface area (Å²) in [6.45, 7) is 2.24. The second-order valence-electron chi connectivity index (χ2n) is 5.11. The number of para-hydroxylation sites is 1. The summed E-state index contributed by atoms with van der Waals surface area (Å²) in [6, 6.07) is 15.3. The van der Waals surface area contributed by atoms with Crippen LogP contribution < -0.4 is 10.1 Å². The van der Waals surface area contributed by atoms with Crippen molar-refractivity contribution in [2.75, 3.05) is 19.7 Å². The molecule has 1 N–H and O–H groups in total. The number of nitrogens with one attached hydrogen (secondary N) is 1. The molecule has 1 aliphatic rings. The topological polar surface area (TPSA) is 30.5 Å².